The van der Waals surface area contributed by atoms with Crippen LogP contribution < -0.4 is 15.0 Å². The van der Waals surface area contributed by atoms with Gasteiger partial charge in [-0.05, 0) is 66.9 Å². The van der Waals surface area contributed by atoms with Crippen molar-refractivity contribution in [1.82, 2.24) is 15.0 Å². The minimum Gasteiger partial charge on any atom is -0.493 e. The number of rotatable bonds is 4. The van der Waals surface area contributed by atoms with Crippen molar-refractivity contribution in [1.29, 1.82) is 0 Å². The third-order valence-corrected chi connectivity index (χ3v) is 6.14. The molecule has 2 aliphatic rings. The summed E-state index contributed by atoms with van der Waals surface area (Å²) in [5, 5.41) is 2.97. The highest BCUT2D eigenvalue weighted by atomic mass is 16.5. The first-order chi connectivity index (χ1) is 15.7. The van der Waals surface area contributed by atoms with Gasteiger partial charge in [-0.25, -0.2) is 9.97 Å². The van der Waals surface area contributed by atoms with Crippen molar-refractivity contribution in [2.45, 2.75) is 19.3 Å². The first-order valence-electron chi connectivity index (χ1n) is 11.0. The summed E-state index contributed by atoms with van der Waals surface area (Å²) in [4.78, 5) is 27.5. The maximum Gasteiger partial charge on any atom is 0.257 e. The first-order valence-corrected chi connectivity index (χ1v) is 11.0. The Morgan fingerprint density at radius 2 is 1.97 bits per heavy atom. The number of hydrogen-bond acceptors (Lipinski definition) is 5. The second-order valence-electron chi connectivity index (χ2n) is 8.29. The number of pyridine rings is 1. The van der Waals surface area contributed by atoms with E-state index >= 15 is 0 Å². The molecule has 2 aromatic heterocycles. The zero-order valence-electron chi connectivity index (χ0n) is 17.6. The molecule has 4 heterocycles. The summed E-state index contributed by atoms with van der Waals surface area (Å²) in [6.45, 7) is 2.80. The van der Waals surface area contributed by atoms with E-state index < -0.39 is 0 Å². The molecule has 160 valence electrons. The molecule has 0 radical (unpaired) electrons. The molecule has 1 fully saturated rings. The number of benzene rings is 2. The van der Waals surface area contributed by atoms with E-state index in [4.69, 9.17) is 9.72 Å². The number of hydrogen-bond donors (Lipinski definition) is 2. The van der Waals surface area contributed by atoms with Crippen LogP contribution in [0.3, 0.4) is 0 Å². The van der Waals surface area contributed by atoms with Crippen molar-refractivity contribution in [2.24, 2.45) is 0 Å². The van der Waals surface area contributed by atoms with Gasteiger partial charge in [0.15, 0.2) is 0 Å². The first kappa shape index (κ1) is 18.9. The molecule has 7 nitrogen and oxygen atoms in total. The molecular weight excluding hydrogens is 402 g/mol. The van der Waals surface area contributed by atoms with Crippen LogP contribution in [0, 0.1) is 0 Å². The number of aromatic amines is 1. The summed E-state index contributed by atoms with van der Waals surface area (Å²) in [5.74, 6) is 2.52. The number of fused-ring (bicyclic) bond motifs is 2. The number of ether oxygens (including phenoxy) is 1. The molecule has 0 aliphatic carbocycles. The van der Waals surface area contributed by atoms with E-state index in [1.165, 1.54) is 18.4 Å². The molecule has 7 heteroatoms. The van der Waals surface area contributed by atoms with Crippen LogP contribution in [0.2, 0.25) is 0 Å². The third kappa shape index (κ3) is 3.45. The topological polar surface area (TPSA) is 83.1 Å². The summed E-state index contributed by atoms with van der Waals surface area (Å²) in [6.07, 6.45) is 4.96. The number of nitrogens with one attached hydrogen (secondary N) is 2. The number of H-pyrrole nitrogens is 1. The highest BCUT2D eigenvalue weighted by Gasteiger charge is 2.16. The summed E-state index contributed by atoms with van der Waals surface area (Å²) in [6, 6.07) is 15.6. The summed E-state index contributed by atoms with van der Waals surface area (Å²) < 4.78 is 5.59. The van der Waals surface area contributed by atoms with Gasteiger partial charge >= 0.3 is 0 Å². The lowest BCUT2D eigenvalue weighted by Gasteiger charge is -2.16. The minimum atomic E-state index is -0.178. The number of anilines is 2. The Kier molecular flexibility index (Phi) is 4.52. The average molecular weight is 425 g/mol. The lowest BCUT2D eigenvalue weighted by molar-refractivity contribution is 0.102. The van der Waals surface area contributed by atoms with E-state index in [-0.39, 0.29) is 5.91 Å². The molecule has 2 aliphatic heterocycles. The van der Waals surface area contributed by atoms with Crippen molar-refractivity contribution >= 4 is 28.4 Å². The van der Waals surface area contributed by atoms with Crippen LogP contribution in [-0.4, -0.2) is 40.6 Å². The highest BCUT2D eigenvalue weighted by Crippen LogP contribution is 2.30. The van der Waals surface area contributed by atoms with Gasteiger partial charge in [-0.2, -0.15) is 0 Å². The average Bonchev–Trinajstić information content (AvgIpc) is 3.59. The number of imidazole rings is 1. The van der Waals surface area contributed by atoms with E-state index in [0.29, 0.717) is 11.3 Å². The van der Waals surface area contributed by atoms with E-state index in [0.717, 1.165) is 60.1 Å². The Hall–Kier alpha value is -3.87. The zero-order valence-corrected chi connectivity index (χ0v) is 17.6. The van der Waals surface area contributed by atoms with Crippen LogP contribution in [-0.2, 0) is 6.42 Å². The molecule has 2 aromatic carbocycles. The Labute approximate surface area is 185 Å². The Balaban J connectivity index is 1.20. The lowest BCUT2D eigenvalue weighted by atomic mass is 10.1. The number of aromatic nitrogens is 3. The van der Waals surface area contributed by atoms with E-state index in [1.54, 1.807) is 6.20 Å². The van der Waals surface area contributed by atoms with Crippen molar-refractivity contribution in [3.63, 3.8) is 0 Å². The lowest BCUT2D eigenvalue weighted by Crippen LogP contribution is -2.19. The molecule has 6 rings (SSSR count). The van der Waals surface area contributed by atoms with E-state index in [9.17, 15) is 4.79 Å². The van der Waals surface area contributed by atoms with Crippen molar-refractivity contribution < 1.29 is 9.53 Å². The van der Waals surface area contributed by atoms with Crippen molar-refractivity contribution in [3.8, 4) is 17.1 Å². The van der Waals surface area contributed by atoms with Gasteiger partial charge in [0.2, 0.25) is 0 Å². The van der Waals surface area contributed by atoms with Crippen LogP contribution in [0.5, 0.6) is 5.75 Å². The van der Waals surface area contributed by atoms with Gasteiger partial charge in [0, 0.05) is 37.0 Å². The van der Waals surface area contributed by atoms with Crippen molar-refractivity contribution in [2.75, 3.05) is 29.9 Å². The monoisotopic (exact) mass is 425 g/mol. The van der Waals surface area contributed by atoms with Crippen LogP contribution in [0.1, 0.15) is 28.8 Å². The molecule has 4 aromatic rings. The van der Waals surface area contributed by atoms with Gasteiger partial charge in [0.1, 0.15) is 17.4 Å². The maximum atomic E-state index is 12.7. The Bertz CT molecular complexity index is 1310. The third-order valence-electron chi connectivity index (χ3n) is 6.14. The van der Waals surface area contributed by atoms with Gasteiger partial charge in [0.05, 0.1) is 23.2 Å². The van der Waals surface area contributed by atoms with Crippen molar-refractivity contribution in [3.05, 3.63) is 65.9 Å². The van der Waals surface area contributed by atoms with Gasteiger partial charge in [-0.1, -0.05) is 0 Å². The predicted octanol–water partition coefficient (Wildman–Crippen LogP) is 4.41. The standard InChI is InChI=1S/C25H23N5O2/c31-25(18-4-8-23(26-15-18)30-10-1-2-11-30)27-19-5-6-20-21(14-19)29-24(28-20)17-3-7-22-16(13-17)9-12-32-22/h3-8,13-15H,1-2,9-12H2,(H,27,31)(H,28,29). The van der Waals surface area contributed by atoms with Gasteiger partial charge in [-0.15, -0.1) is 0 Å². The molecular formula is C25H23N5O2. The fourth-order valence-electron chi connectivity index (χ4n) is 4.41. The molecule has 32 heavy (non-hydrogen) atoms. The van der Waals surface area contributed by atoms with Crippen LogP contribution in [0.4, 0.5) is 11.5 Å². The molecule has 0 bridgehead atoms. The van der Waals surface area contributed by atoms with Crippen LogP contribution in [0.15, 0.2) is 54.7 Å². The number of carbonyl (C=O) groups is 1. The van der Waals surface area contributed by atoms with Crippen LogP contribution >= 0.6 is 0 Å². The maximum absolute atomic E-state index is 12.7. The number of carbonyl (C=O) groups excluding carboxylic acids is 1. The minimum absolute atomic E-state index is 0.178. The zero-order chi connectivity index (χ0) is 21.5. The predicted molar refractivity (Wildman–Crippen MR) is 124 cm³/mol. The summed E-state index contributed by atoms with van der Waals surface area (Å²) in [5.41, 5.74) is 5.21. The normalized spacial score (nSPS) is 15.1. The smallest absolute Gasteiger partial charge is 0.257 e. The quantitative estimate of drug-likeness (QED) is 0.506. The van der Waals surface area contributed by atoms with E-state index in [1.807, 2.05) is 42.5 Å². The highest BCUT2D eigenvalue weighted by molar-refractivity contribution is 6.05. The number of nitrogens with zero attached hydrogens (tertiary/aromatic N) is 3. The van der Waals surface area contributed by atoms with E-state index in [2.05, 4.69) is 26.3 Å². The molecule has 0 atom stereocenters. The fourth-order valence-corrected chi connectivity index (χ4v) is 4.41. The van der Waals surface area contributed by atoms with Gasteiger partial charge in [-0.3, -0.25) is 4.79 Å². The summed E-state index contributed by atoms with van der Waals surface area (Å²) in [7, 11) is 0. The molecule has 1 saturated heterocycles. The SMILES string of the molecule is O=C(Nc1ccc2nc(-c3ccc4c(c3)CCO4)[nH]c2c1)c1ccc(N2CCCC2)nc1. The second kappa shape index (κ2) is 7.67. The fraction of sp³-hybridized carbons (Fsp3) is 0.240. The molecule has 0 saturated carbocycles. The second-order valence-corrected chi connectivity index (χ2v) is 8.29. The van der Waals surface area contributed by atoms with Gasteiger partial charge in [0.25, 0.3) is 5.91 Å². The molecule has 0 spiro atoms. The Morgan fingerprint density at radius 1 is 1.06 bits per heavy atom. The largest absolute Gasteiger partial charge is 0.493 e. The molecule has 2 N–H and O–H groups in total. The van der Waals surface area contributed by atoms with Crippen LogP contribution in [0.25, 0.3) is 22.4 Å². The van der Waals surface area contributed by atoms with Gasteiger partial charge < -0.3 is 19.9 Å². The Morgan fingerprint density at radius 3 is 2.81 bits per heavy atom. The summed E-state index contributed by atoms with van der Waals surface area (Å²) >= 11 is 0. The number of amides is 1. The molecule has 1 amide bonds. The molecule has 0 unspecified atom stereocenters.